The van der Waals surface area contributed by atoms with Crippen LogP contribution in [0.1, 0.15) is 92.9 Å². The fraction of sp³-hybridized carbons (Fsp3) is 0.927. The Bertz CT molecular complexity index is 1520. The van der Waals surface area contributed by atoms with Crippen molar-refractivity contribution in [3.05, 3.63) is 11.6 Å². The van der Waals surface area contributed by atoms with Crippen LogP contribution in [-0.4, -0.2) is 150 Å². The van der Waals surface area contributed by atoms with E-state index in [4.69, 9.17) is 18.9 Å². The number of fused-ring (bicyclic) bond motifs is 7. The van der Waals surface area contributed by atoms with Crippen LogP contribution in [0.5, 0.6) is 0 Å². The molecule has 0 aromatic heterocycles. The Morgan fingerprint density at radius 2 is 1.50 bits per heavy atom. The summed E-state index contributed by atoms with van der Waals surface area (Å²) in [5, 5.41) is 108. The lowest BCUT2D eigenvalue weighted by atomic mass is 9.33. The normalized spacial score (nSPS) is 57.1. The molecule has 15 nitrogen and oxygen atoms in total. The molecule has 21 unspecified atom stereocenters. The first-order chi connectivity index (χ1) is 26.1. The van der Waals surface area contributed by atoms with Gasteiger partial charge in [-0.05, 0) is 92.3 Å². The van der Waals surface area contributed by atoms with Gasteiger partial charge in [0.2, 0.25) is 6.29 Å². The Hall–Kier alpha value is -1.31. The summed E-state index contributed by atoms with van der Waals surface area (Å²) in [6.07, 6.45) is -9.19. The molecule has 0 amide bonds. The summed E-state index contributed by atoms with van der Waals surface area (Å²) in [6, 6.07) is 0. The van der Waals surface area contributed by atoms with Gasteiger partial charge >= 0.3 is 5.97 Å². The van der Waals surface area contributed by atoms with Gasteiger partial charge in [0.1, 0.15) is 42.7 Å². The second kappa shape index (κ2) is 14.4. The van der Waals surface area contributed by atoms with Crippen molar-refractivity contribution in [3.8, 4) is 0 Å². The molecule has 0 spiro atoms. The van der Waals surface area contributed by atoms with Gasteiger partial charge in [0.25, 0.3) is 0 Å². The van der Waals surface area contributed by atoms with Crippen molar-refractivity contribution in [2.24, 2.45) is 50.7 Å². The third-order valence-corrected chi connectivity index (χ3v) is 17.3. The minimum Gasteiger partial charge on any atom is -0.432 e. The van der Waals surface area contributed by atoms with Gasteiger partial charge in [0.15, 0.2) is 6.29 Å². The Morgan fingerprint density at radius 1 is 0.821 bits per heavy atom. The summed E-state index contributed by atoms with van der Waals surface area (Å²) in [6.45, 7) is 11.1. The molecule has 0 aromatic carbocycles. The van der Waals surface area contributed by atoms with Crippen LogP contribution in [0.2, 0.25) is 0 Å². The predicted molar refractivity (Wildman–Crippen MR) is 196 cm³/mol. The number of carbonyl (C=O) groups excluding carboxylic acids is 1. The molecule has 7 aliphatic rings. The topological polar surface area (TPSA) is 256 Å². The number of hydrogen-bond acceptors (Lipinski definition) is 15. The van der Waals surface area contributed by atoms with E-state index in [1.54, 1.807) is 6.92 Å². The average molecular weight is 799 g/mol. The monoisotopic (exact) mass is 798 g/mol. The van der Waals surface area contributed by atoms with E-state index in [9.17, 15) is 55.9 Å². The number of ether oxygens (including phenoxy) is 4. The van der Waals surface area contributed by atoms with Gasteiger partial charge < -0.3 is 70.0 Å². The number of esters is 1. The molecule has 56 heavy (non-hydrogen) atoms. The van der Waals surface area contributed by atoms with Crippen LogP contribution in [0.3, 0.4) is 0 Å². The summed E-state index contributed by atoms with van der Waals surface area (Å²) in [5.74, 6) is -1.62. The first kappa shape index (κ1) is 42.8. The number of aliphatic hydroxyl groups is 10. The standard InChI is InChI=1S/C41H66O15/c1-19-9-12-41(35(51)56-34-30(50)28(48)27(47)23(16-42)54-34)14-13-38(4)20(31(41)40(19,6)52)7-8-25-36(2)15-21(44)32(55-33-29(49)26(46)22(45)17-53-33)37(3,18-43)24(36)10-11-39(25,38)5/h7,19,21-34,42-50,52H,8-18H2,1-6H3. The van der Waals surface area contributed by atoms with Gasteiger partial charge in [-0.2, -0.15) is 0 Å². The van der Waals surface area contributed by atoms with E-state index >= 15 is 0 Å². The highest BCUT2D eigenvalue weighted by molar-refractivity contribution is 5.79. The largest absolute Gasteiger partial charge is 0.432 e. The van der Waals surface area contributed by atoms with Crippen molar-refractivity contribution in [1.82, 2.24) is 0 Å². The molecule has 2 saturated heterocycles. The number of carbonyl (C=O) groups is 1. The maximum absolute atomic E-state index is 14.6. The lowest BCUT2D eigenvalue weighted by Crippen LogP contribution is -2.70. The van der Waals surface area contributed by atoms with E-state index in [2.05, 4.69) is 26.8 Å². The predicted octanol–water partition coefficient (Wildman–Crippen LogP) is -0.131. The van der Waals surface area contributed by atoms with E-state index < -0.39 is 113 Å². The van der Waals surface area contributed by atoms with Gasteiger partial charge in [-0.25, -0.2) is 0 Å². The first-order valence-corrected chi connectivity index (χ1v) is 20.6. The van der Waals surface area contributed by atoms with Crippen LogP contribution in [0.4, 0.5) is 0 Å². The van der Waals surface area contributed by atoms with Crippen molar-refractivity contribution in [1.29, 1.82) is 0 Å². The van der Waals surface area contributed by atoms with Gasteiger partial charge in [0, 0.05) is 11.3 Å². The third kappa shape index (κ3) is 5.88. The van der Waals surface area contributed by atoms with Gasteiger partial charge in [-0.3, -0.25) is 4.79 Å². The Labute approximate surface area is 328 Å². The number of rotatable bonds is 6. The average Bonchev–Trinajstić information content (AvgIpc) is 3.14. The SMILES string of the molecule is CC1CCC2(C(=O)OC3OC(CO)C(O)C(O)C3O)CCC3(C)C(=CCC4C5(C)CC(O)C(OC6OCC(O)C(O)C6O)C(C)(CO)C5CCC43C)C2C1(C)O. The molecule has 10 N–H and O–H groups in total. The summed E-state index contributed by atoms with van der Waals surface area (Å²) in [7, 11) is 0. The quantitative estimate of drug-likeness (QED) is 0.0955. The van der Waals surface area contributed by atoms with Gasteiger partial charge in [0.05, 0.1) is 43.0 Å². The molecule has 21 atom stereocenters. The van der Waals surface area contributed by atoms with E-state index in [0.29, 0.717) is 44.9 Å². The molecule has 6 fully saturated rings. The van der Waals surface area contributed by atoms with E-state index in [0.717, 1.165) is 12.0 Å². The molecule has 0 bridgehead atoms. The summed E-state index contributed by atoms with van der Waals surface area (Å²) < 4.78 is 23.3. The Kier molecular flexibility index (Phi) is 11.0. The fourth-order valence-electron chi connectivity index (χ4n) is 13.6. The number of allylic oxidation sites excluding steroid dienone is 1. The molecular formula is C41H66O15. The Balaban J connectivity index is 1.22. The molecule has 320 valence electrons. The molecule has 15 heteroatoms. The zero-order valence-electron chi connectivity index (χ0n) is 33.5. The van der Waals surface area contributed by atoms with E-state index in [1.807, 2.05) is 13.8 Å². The minimum atomic E-state index is -1.76. The maximum Gasteiger partial charge on any atom is 0.315 e. The molecule has 0 aromatic rings. The second-order valence-electron chi connectivity index (χ2n) is 19.9. The van der Waals surface area contributed by atoms with E-state index in [-0.39, 0.29) is 36.4 Å². The minimum absolute atomic E-state index is 0.0111. The molecule has 0 radical (unpaired) electrons. The summed E-state index contributed by atoms with van der Waals surface area (Å²) in [4.78, 5) is 14.6. The highest BCUT2D eigenvalue weighted by Gasteiger charge is 2.73. The maximum atomic E-state index is 14.6. The third-order valence-electron chi connectivity index (χ3n) is 17.3. The molecular weight excluding hydrogens is 732 g/mol. The zero-order chi connectivity index (χ0) is 41.1. The van der Waals surface area contributed by atoms with Gasteiger partial charge in [-0.1, -0.05) is 46.3 Å². The first-order valence-electron chi connectivity index (χ1n) is 20.6. The number of aliphatic hydroxyl groups excluding tert-OH is 9. The fourth-order valence-corrected chi connectivity index (χ4v) is 13.6. The van der Waals surface area contributed by atoms with Crippen LogP contribution in [-0.2, 0) is 23.7 Å². The summed E-state index contributed by atoms with van der Waals surface area (Å²) >= 11 is 0. The van der Waals surface area contributed by atoms with Crippen molar-refractivity contribution in [2.45, 2.75) is 166 Å². The van der Waals surface area contributed by atoms with Gasteiger partial charge in [-0.15, -0.1) is 0 Å². The number of hydrogen-bond donors (Lipinski definition) is 10. The van der Waals surface area contributed by atoms with Crippen molar-refractivity contribution in [3.63, 3.8) is 0 Å². The molecule has 2 aliphatic heterocycles. The molecule has 7 rings (SSSR count). The van der Waals surface area contributed by atoms with Crippen LogP contribution in [0, 0.1) is 50.7 Å². The summed E-state index contributed by atoms with van der Waals surface area (Å²) in [5.41, 5.74) is -3.90. The molecule has 2 heterocycles. The highest BCUT2D eigenvalue weighted by atomic mass is 16.7. The lowest BCUT2D eigenvalue weighted by Gasteiger charge is -2.72. The lowest BCUT2D eigenvalue weighted by molar-refractivity contribution is -0.328. The van der Waals surface area contributed by atoms with Crippen LogP contribution in [0.25, 0.3) is 0 Å². The van der Waals surface area contributed by atoms with Crippen molar-refractivity contribution < 1.29 is 74.8 Å². The van der Waals surface area contributed by atoms with Crippen LogP contribution in [0.15, 0.2) is 11.6 Å². The van der Waals surface area contributed by atoms with Crippen molar-refractivity contribution in [2.75, 3.05) is 19.8 Å². The van der Waals surface area contributed by atoms with Crippen LogP contribution >= 0.6 is 0 Å². The smallest absolute Gasteiger partial charge is 0.315 e. The Morgan fingerprint density at radius 3 is 2.16 bits per heavy atom. The van der Waals surface area contributed by atoms with Crippen LogP contribution < -0.4 is 0 Å². The molecule has 4 saturated carbocycles. The molecule has 5 aliphatic carbocycles. The zero-order valence-corrected chi connectivity index (χ0v) is 33.5. The highest BCUT2D eigenvalue weighted by Crippen LogP contribution is 2.76. The van der Waals surface area contributed by atoms with E-state index in [1.165, 1.54) is 0 Å². The second-order valence-corrected chi connectivity index (χ2v) is 19.9. The van der Waals surface area contributed by atoms with Crippen molar-refractivity contribution >= 4 is 5.97 Å².